The van der Waals surface area contributed by atoms with Crippen LogP contribution in [0.5, 0.6) is 0 Å². The van der Waals surface area contributed by atoms with Crippen molar-refractivity contribution in [1.29, 1.82) is 0 Å². The maximum atomic E-state index is 5.86. The highest BCUT2D eigenvalue weighted by Gasteiger charge is 2.40. The Morgan fingerprint density at radius 1 is 1.42 bits per heavy atom. The molecular weight excluding hydrogens is 256 g/mol. The van der Waals surface area contributed by atoms with E-state index in [9.17, 15) is 0 Å². The van der Waals surface area contributed by atoms with Crippen LogP contribution < -0.4 is 5.32 Å². The molecule has 1 saturated heterocycles. The van der Waals surface area contributed by atoms with Gasteiger partial charge in [-0.25, -0.2) is 4.98 Å². The molecule has 1 aromatic heterocycles. The number of fused-ring (bicyclic) bond motifs is 1. The minimum absolute atomic E-state index is 0.0721. The molecule has 1 fully saturated rings. The second-order valence-electron chi connectivity index (χ2n) is 5.71. The van der Waals surface area contributed by atoms with E-state index in [1.807, 2.05) is 11.3 Å². The number of ether oxygens (including phenoxy) is 1. The van der Waals surface area contributed by atoms with Gasteiger partial charge in [0.25, 0.3) is 0 Å². The van der Waals surface area contributed by atoms with Crippen LogP contribution in [0.25, 0.3) is 0 Å². The van der Waals surface area contributed by atoms with Crippen LogP contribution in [0.2, 0.25) is 0 Å². The van der Waals surface area contributed by atoms with E-state index in [1.54, 1.807) is 0 Å². The molecule has 2 atom stereocenters. The van der Waals surface area contributed by atoms with Crippen molar-refractivity contribution in [2.75, 3.05) is 13.2 Å². The SMILES string of the molecule is CCNC1(c2nc3c(s2)CCC3)CCOC(CC)C1. The van der Waals surface area contributed by atoms with Gasteiger partial charge in [-0.15, -0.1) is 11.3 Å². The van der Waals surface area contributed by atoms with Crippen LogP contribution in [-0.2, 0) is 23.1 Å². The van der Waals surface area contributed by atoms with Gasteiger partial charge < -0.3 is 10.1 Å². The summed E-state index contributed by atoms with van der Waals surface area (Å²) in [5.74, 6) is 0. The van der Waals surface area contributed by atoms with E-state index in [1.165, 1.54) is 34.8 Å². The zero-order valence-electron chi connectivity index (χ0n) is 12.0. The molecule has 0 amide bonds. The second-order valence-corrected chi connectivity index (χ2v) is 6.79. The van der Waals surface area contributed by atoms with Gasteiger partial charge in [-0.1, -0.05) is 13.8 Å². The molecule has 106 valence electrons. The maximum Gasteiger partial charge on any atom is 0.113 e. The molecule has 1 aliphatic carbocycles. The Kier molecular flexibility index (Phi) is 3.92. The van der Waals surface area contributed by atoms with Crippen LogP contribution in [-0.4, -0.2) is 24.2 Å². The van der Waals surface area contributed by atoms with Gasteiger partial charge in [0.15, 0.2) is 0 Å². The summed E-state index contributed by atoms with van der Waals surface area (Å²) in [7, 11) is 0. The average molecular weight is 280 g/mol. The number of rotatable bonds is 4. The van der Waals surface area contributed by atoms with Crippen molar-refractivity contribution in [3.63, 3.8) is 0 Å². The molecule has 0 aromatic carbocycles. The number of nitrogens with zero attached hydrogens (tertiary/aromatic N) is 1. The first-order chi connectivity index (χ1) is 9.27. The fraction of sp³-hybridized carbons (Fsp3) is 0.800. The van der Waals surface area contributed by atoms with Crippen molar-refractivity contribution >= 4 is 11.3 Å². The standard InChI is InChI=1S/C15H24N2OS/c1-3-11-10-15(16-4-2,8-9-18-11)14-17-12-6-5-7-13(12)19-14/h11,16H,3-10H2,1-2H3. The van der Waals surface area contributed by atoms with Crippen molar-refractivity contribution in [3.8, 4) is 0 Å². The third-order valence-electron chi connectivity index (χ3n) is 4.43. The molecule has 3 nitrogen and oxygen atoms in total. The van der Waals surface area contributed by atoms with E-state index in [0.717, 1.165) is 32.4 Å². The molecule has 2 unspecified atom stereocenters. The van der Waals surface area contributed by atoms with Crippen LogP contribution in [0.15, 0.2) is 0 Å². The number of thiazole rings is 1. The average Bonchev–Trinajstić information content (AvgIpc) is 3.00. The highest BCUT2D eigenvalue weighted by Crippen LogP contribution is 2.40. The summed E-state index contributed by atoms with van der Waals surface area (Å²) < 4.78 is 5.86. The van der Waals surface area contributed by atoms with Crippen molar-refractivity contribution in [2.45, 2.75) is 64.0 Å². The monoisotopic (exact) mass is 280 g/mol. The summed E-state index contributed by atoms with van der Waals surface area (Å²) in [6.45, 7) is 6.27. The van der Waals surface area contributed by atoms with E-state index in [-0.39, 0.29) is 5.54 Å². The fourth-order valence-electron chi connectivity index (χ4n) is 3.38. The Bertz CT molecular complexity index is 420. The molecule has 19 heavy (non-hydrogen) atoms. The molecule has 1 aliphatic heterocycles. The molecular formula is C15H24N2OS. The largest absolute Gasteiger partial charge is 0.378 e. The summed E-state index contributed by atoms with van der Waals surface area (Å²) >= 11 is 1.95. The van der Waals surface area contributed by atoms with Gasteiger partial charge >= 0.3 is 0 Å². The van der Waals surface area contributed by atoms with Crippen molar-refractivity contribution in [3.05, 3.63) is 15.6 Å². The lowest BCUT2D eigenvalue weighted by Crippen LogP contribution is -2.49. The van der Waals surface area contributed by atoms with Crippen molar-refractivity contribution in [1.82, 2.24) is 10.3 Å². The third kappa shape index (κ3) is 2.46. The normalized spacial score (nSPS) is 30.5. The Labute approximate surface area is 119 Å². The van der Waals surface area contributed by atoms with Gasteiger partial charge in [-0.05, 0) is 45.1 Å². The smallest absolute Gasteiger partial charge is 0.113 e. The maximum absolute atomic E-state index is 5.86. The van der Waals surface area contributed by atoms with Crippen molar-refractivity contribution < 1.29 is 4.74 Å². The highest BCUT2D eigenvalue weighted by atomic mass is 32.1. The van der Waals surface area contributed by atoms with E-state index in [0.29, 0.717) is 6.10 Å². The Hall–Kier alpha value is -0.450. The number of hydrogen-bond acceptors (Lipinski definition) is 4. The number of aryl methyl sites for hydroxylation is 2. The zero-order valence-corrected chi connectivity index (χ0v) is 12.8. The zero-order chi connectivity index (χ0) is 13.3. The lowest BCUT2D eigenvalue weighted by Gasteiger charge is -2.40. The topological polar surface area (TPSA) is 34.2 Å². The van der Waals surface area contributed by atoms with Crippen LogP contribution in [0.3, 0.4) is 0 Å². The quantitative estimate of drug-likeness (QED) is 0.920. The minimum atomic E-state index is 0.0721. The van der Waals surface area contributed by atoms with Gasteiger partial charge in [0, 0.05) is 11.5 Å². The number of nitrogens with one attached hydrogen (secondary N) is 1. The molecule has 0 radical (unpaired) electrons. The molecule has 4 heteroatoms. The summed E-state index contributed by atoms with van der Waals surface area (Å²) in [4.78, 5) is 6.51. The van der Waals surface area contributed by atoms with Crippen LogP contribution in [0.4, 0.5) is 0 Å². The Morgan fingerprint density at radius 2 is 2.32 bits per heavy atom. The predicted octanol–water partition coefficient (Wildman–Crippen LogP) is 3.03. The minimum Gasteiger partial charge on any atom is -0.378 e. The molecule has 2 heterocycles. The van der Waals surface area contributed by atoms with Gasteiger partial charge in [-0.3, -0.25) is 0 Å². The molecule has 2 aliphatic rings. The Balaban J connectivity index is 1.90. The summed E-state index contributed by atoms with van der Waals surface area (Å²) in [6, 6.07) is 0. The third-order valence-corrected chi connectivity index (χ3v) is 5.80. The molecule has 1 N–H and O–H groups in total. The molecule has 3 rings (SSSR count). The molecule has 0 spiro atoms. The summed E-state index contributed by atoms with van der Waals surface area (Å²) in [5, 5.41) is 5.06. The first-order valence-corrected chi connectivity index (χ1v) is 8.44. The van der Waals surface area contributed by atoms with E-state index in [2.05, 4.69) is 19.2 Å². The first-order valence-electron chi connectivity index (χ1n) is 7.63. The van der Waals surface area contributed by atoms with E-state index < -0.39 is 0 Å². The van der Waals surface area contributed by atoms with Gasteiger partial charge in [0.2, 0.25) is 0 Å². The second kappa shape index (κ2) is 5.51. The van der Waals surface area contributed by atoms with Crippen LogP contribution in [0, 0.1) is 0 Å². The Morgan fingerprint density at radius 3 is 3.05 bits per heavy atom. The summed E-state index contributed by atoms with van der Waals surface area (Å²) in [6.07, 6.45) is 7.33. The number of aromatic nitrogens is 1. The van der Waals surface area contributed by atoms with Gasteiger partial charge in [-0.2, -0.15) is 0 Å². The van der Waals surface area contributed by atoms with Gasteiger partial charge in [0.05, 0.1) is 17.3 Å². The first kappa shape index (κ1) is 13.5. The molecule has 0 saturated carbocycles. The fourth-order valence-corrected chi connectivity index (χ4v) is 4.73. The van der Waals surface area contributed by atoms with Crippen LogP contribution >= 0.6 is 11.3 Å². The summed E-state index contributed by atoms with van der Waals surface area (Å²) in [5.41, 5.74) is 1.44. The molecule has 0 bridgehead atoms. The number of hydrogen-bond donors (Lipinski definition) is 1. The highest BCUT2D eigenvalue weighted by molar-refractivity contribution is 7.12. The van der Waals surface area contributed by atoms with E-state index >= 15 is 0 Å². The molecule has 1 aromatic rings. The van der Waals surface area contributed by atoms with Gasteiger partial charge in [0.1, 0.15) is 5.01 Å². The lowest BCUT2D eigenvalue weighted by molar-refractivity contribution is -0.0319. The van der Waals surface area contributed by atoms with Crippen LogP contribution in [0.1, 0.15) is 55.1 Å². The lowest BCUT2D eigenvalue weighted by atomic mass is 9.86. The van der Waals surface area contributed by atoms with Crippen molar-refractivity contribution in [2.24, 2.45) is 0 Å². The van der Waals surface area contributed by atoms with E-state index in [4.69, 9.17) is 9.72 Å². The predicted molar refractivity (Wildman–Crippen MR) is 78.8 cm³/mol.